The lowest BCUT2D eigenvalue weighted by molar-refractivity contribution is -0.120. The molecule has 2 N–H and O–H groups in total. The van der Waals surface area contributed by atoms with Crippen molar-refractivity contribution in [1.29, 1.82) is 0 Å². The van der Waals surface area contributed by atoms with Crippen LogP contribution in [0.5, 0.6) is 0 Å². The lowest BCUT2D eigenvalue weighted by Gasteiger charge is -2.16. The maximum absolute atomic E-state index is 13.2. The number of amides is 3. The molecule has 0 atom stereocenters. The van der Waals surface area contributed by atoms with Crippen LogP contribution in [0, 0.1) is 25.5 Å². The summed E-state index contributed by atoms with van der Waals surface area (Å²) in [7, 11) is 1.64. The molecule has 2 aromatic rings. The van der Waals surface area contributed by atoms with Crippen LogP contribution in [0.25, 0.3) is 0 Å². The number of halogens is 2. The summed E-state index contributed by atoms with van der Waals surface area (Å²) in [4.78, 5) is 25.5. The number of aryl methyl sites for hydroxylation is 1. The molecule has 5 nitrogen and oxygen atoms in total. The standard InChI is InChI=1S/C19H21F2N3O2/c1-12-5-4-6-17(13(12)2)22-19(26)23-18(25)11-24(3)10-14-7-8-15(20)16(21)9-14/h4-9H,10-11H2,1-3H3,(H2,22,23,25,26). The summed E-state index contributed by atoms with van der Waals surface area (Å²) in [6.45, 7) is 3.97. The Hall–Kier alpha value is -2.80. The highest BCUT2D eigenvalue weighted by Crippen LogP contribution is 2.17. The third kappa shape index (κ3) is 5.35. The molecule has 3 amide bonds. The van der Waals surface area contributed by atoms with Crippen molar-refractivity contribution in [3.05, 3.63) is 64.7 Å². The second-order valence-electron chi connectivity index (χ2n) is 6.17. The van der Waals surface area contributed by atoms with Crippen LogP contribution >= 0.6 is 0 Å². The first-order valence-electron chi connectivity index (χ1n) is 8.06. The fraction of sp³-hybridized carbons (Fsp3) is 0.263. The topological polar surface area (TPSA) is 61.4 Å². The molecule has 0 radical (unpaired) electrons. The second kappa shape index (κ2) is 8.53. The molecular weight excluding hydrogens is 340 g/mol. The Morgan fingerprint density at radius 2 is 1.81 bits per heavy atom. The van der Waals surface area contributed by atoms with Gasteiger partial charge in [0, 0.05) is 12.2 Å². The second-order valence-corrected chi connectivity index (χ2v) is 6.17. The molecule has 0 fully saturated rings. The van der Waals surface area contributed by atoms with Gasteiger partial charge in [-0.15, -0.1) is 0 Å². The van der Waals surface area contributed by atoms with Gasteiger partial charge >= 0.3 is 6.03 Å². The van der Waals surface area contributed by atoms with Crippen LogP contribution in [0.15, 0.2) is 36.4 Å². The summed E-state index contributed by atoms with van der Waals surface area (Å²) in [6.07, 6.45) is 0. The maximum Gasteiger partial charge on any atom is 0.325 e. The summed E-state index contributed by atoms with van der Waals surface area (Å²) in [5.74, 6) is -2.36. The van der Waals surface area contributed by atoms with E-state index in [1.54, 1.807) is 18.0 Å². The number of imide groups is 1. The molecule has 0 unspecified atom stereocenters. The van der Waals surface area contributed by atoms with Crippen molar-refractivity contribution < 1.29 is 18.4 Å². The molecule has 2 rings (SSSR count). The number of hydrogen-bond acceptors (Lipinski definition) is 3. The summed E-state index contributed by atoms with van der Waals surface area (Å²) in [5, 5.41) is 4.89. The van der Waals surface area contributed by atoms with E-state index in [1.165, 1.54) is 6.07 Å². The van der Waals surface area contributed by atoms with E-state index in [2.05, 4.69) is 10.6 Å². The molecule has 0 spiro atoms. The Bertz CT molecular complexity index is 824. The zero-order valence-electron chi connectivity index (χ0n) is 14.9. The van der Waals surface area contributed by atoms with E-state index < -0.39 is 23.6 Å². The summed E-state index contributed by atoms with van der Waals surface area (Å²) < 4.78 is 26.1. The van der Waals surface area contributed by atoms with E-state index in [0.29, 0.717) is 11.3 Å². The van der Waals surface area contributed by atoms with E-state index in [1.807, 2.05) is 26.0 Å². The Balaban J connectivity index is 1.86. The van der Waals surface area contributed by atoms with Crippen LogP contribution in [0.4, 0.5) is 19.3 Å². The first-order valence-corrected chi connectivity index (χ1v) is 8.06. The lowest BCUT2D eigenvalue weighted by atomic mass is 10.1. The van der Waals surface area contributed by atoms with Crippen LogP contribution in [0.2, 0.25) is 0 Å². The minimum absolute atomic E-state index is 0.0702. The molecular formula is C19H21F2N3O2. The maximum atomic E-state index is 13.2. The van der Waals surface area contributed by atoms with Gasteiger partial charge in [0.15, 0.2) is 11.6 Å². The fourth-order valence-electron chi connectivity index (χ4n) is 2.46. The van der Waals surface area contributed by atoms with Crippen molar-refractivity contribution in [2.75, 3.05) is 18.9 Å². The predicted molar refractivity (Wildman–Crippen MR) is 95.8 cm³/mol. The van der Waals surface area contributed by atoms with E-state index in [-0.39, 0.29) is 13.1 Å². The molecule has 0 aliphatic heterocycles. The van der Waals surface area contributed by atoms with Crippen LogP contribution in [0.3, 0.4) is 0 Å². The number of carbonyl (C=O) groups is 2. The molecule has 0 bridgehead atoms. The summed E-state index contributed by atoms with van der Waals surface area (Å²) in [5.41, 5.74) is 3.11. The van der Waals surface area contributed by atoms with Crippen molar-refractivity contribution in [1.82, 2.24) is 10.2 Å². The number of rotatable bonds is 5. The van der Waals surface area contributed by atoms with Gasteiger partial charge in [0.05, 0.1) is 6.54 Å². The number of urea groups is 1. The van der Waals surface area contributed by atoms with E-state index in [4.69, 9.17) is 0 Å². The van der Waals surface area contributed by atoms with Gasteiger partial charge in [0.25, 0.3) is 0 Å². The molecule has 0 aliphatic rings. The van der Waals surface area contributed by atoms with Crippen LogP contribution < -0.4 is 10.6 Å². The predicted octanol–water partition coefficient (Wildman–Crippen LogP) is 3.36. The highest BCUT2D eigenvalue weighted by atomic mass is 19.2. The third-order valence-corrected chi connectivity index (χ3v) is 3.96. The number of anilines is 1. The number of benzene rings is 2. The van der Waals surface area contributed by atoms with Gasteiger partial charge in [-0.25, -0.2) is 13.6 Å². The van der Waals surface area contributed by atoms with E-state index in [0.717, 1.165) is 23.3 Å². The van der Waals surface area contributed by atoms with Crippen molar-refractivity contribution in [2.45, 2.75) is 20.4 Å². The summed E-state index contributed by atoms with van der Waals surface area (Å²) in [6, 6.07) is 8.44. The Labute approximate surface area is 151 Å². The van der Waals surface area contributed by atoms with Gasteiger partial charge in [-0.05, 0) is 55.8 Å². The number of hydrogen-bond donors (Lipinski definition) is 2. The first kappa shape index (κ1) is 19.5. The van der Waals surface area contributed by atoms with Gasteiger partial charge in [-0.3, -0.25) is 15.0 Å². The molecule has 138 valence electrons. The van der Waals surface area contributed by atoms with Gasteiger partial charge in [-0.2, -0.15) is 0 Å². The zero-order chi connectivity index (χ0) is 19.3. The normalized spacial score (nSPS) is 10.7. The lowest BCUT2D eigenvalue weighted by Crippen LogP contribution is -2.40. The van der Waals surface area contributed by atoms with Crippen molar-refractivity contribution in [2.24, 2.45) is 0 Å². The van der Waals surface area contributed by atoms with Crippen LogP contribution in [0.1, 0.15) is 16.7 Å². The molecule has 0 aromatic heterocycles. The van der Waals surface area contributed by atoms with Crippen molar-refractivity contribution in [3.63, 3.8) is 0 Å². The van der Waals surface area contributed by atoms with Gasteiger partial charge in [0.2, 0.25) is 5.91 Å². The summed E-state index contributed by atoms with van der Waals surface area (Å²) >= 11 is 0. The Morgan fingerprint density at radius 1 is 1.08 bits per heavy atom. The van der Waals surface area contributed by atoms with Crippen molar-refractivity contribution >= 4 is 17.6 Å². The van der Waals surface area contributed by atoms with E-state index in [9.17, 15) is 18.4 Å². The highest BCUT2D eigenvalue weighted by molar-refractivity contribution is 6.02. The largest absolute Gasteiger partial charge is 0.325 e. The van der Waals surface area contributed by atoms with Crippen molar-refractivity contribution in [3.8, 4) is 0 Å². The average Bonchev–Trinajstić information content (AvgIpc) is 2.55. The smallest absolute Gasteiger partial charge is 0.307 e. The average molecular weight is 361 g/mol. The van der Waals surface area contributed by atoms with Gasteiger partial charge in [0.1, 0.15) is 0 Å². The molecule has 2 aromatic carbocycles. The minimum atomic E-state index is -0.937. The fourth-order valence-corrected chi connectivity index (χ4v) is 2.46. The quantitative estimate of drug-likeness (QED) is 0.858. The number of nitrogens with zero attached hydrogens (tertiary/aromatic N) is 1. The molecule has 26 heavy (non-hydrogen) atoms. The first-order chi connectivity index (χ1) is 12.3. The molecule has 0 saturated heterocycles. The molecule has 0 saturated carbocycles. The zero-order valence-corrected chi connectivity index (χ0v) is 14.9. The minimum Gasteiger partial charge on any atom is -0.307 e. The Kier molecular flexibility index (Phi) is 6.41. The van der Waals surface area contributed by atoms with Gasteiger partial charge in [-0.1, -0.05) is 18.2 Å². The van der Waals surface area contributed by atoms with E-state index >= 15 is 0 Å². The highest BCUT2D eigenvalue weighted by Gasteiger charge is 2.13. The van der Waals surface area contributed by atoms with Gasteiger partial charge < -0.3 is 5.32 Å². The third-order valence-electron chi connectivity index (χ3n) is 3.96. The molecule has 7 heteroatoms. The number of carbonyl (C=O) groups excluding carboxylic acids is 2. The molecule has 0 aliphatic carbocycles. The SMILES string of the molecule is Cc1cccc(NC(=O)NC(=O)CN(C)Cc2ccc(F)c(F)c2)c1C. The monoisotopic (exact) mass is 361 g/mol. The molecule has 0 heterocycles. The van der Waals surface area contributed by atoms with Crippen LogP contribution in [-0.2, 0) is 11.3 Å². The van der Waals surface area contributed by atoms with Crippen LogP contribution in [-0.4, -0.2) is 30.4 Å². The number of nitrogens with one attached hydrogen (secondary N) is 2. The number of likely N-dealkylation sites (N-methyl/N-ethyl adjacent to an activating group) is 1. The Morgan fingerprint density at radius 3 is 2.50 bits per heavy atom.